The second-order valence-corrected chi connectivity index (χ2v) is 5.33. The van der Waals surface area contributed by atoms with Gasteiger partial charge >= 0.3 is 0 Å². The molecule has 3 aromatic rings. The van der Waals surface area contributed by atoms with Crippen LogP contribution in [0.15, 0.2) is 71.3 Å². The lowest BCUT2D eigenvalue weighted by Crippen LogP contribution is -2.29. The van der Waals surface area contributed by atoms with Crippen LogP contribution in [0, 0.1) is 0 Å². The summed E-state index contributed by atoms with van der Waals surface area (Å²) in [4.78, 5) is 26.4. The van der Waals surface area contributed by atoms with Gasteiger partial charge in [0.2, 0.25) is 0 Å². The number of para-hydroxylation sites is 2. The van der Waals surface area contributed by atoms with Gasteiger partial charge in [0.15, 0.2) is 0 Å². The van der Waals surface area contributed by atoms with Gasteiger partial charge in [0.05, 0.1) is 23.1 Å². The van der Waals surface area contributed by atoms with E-state index >= 15 is 0 Å². The topological polar surface area (TPSA) is 59.8 Å². The lowest BCUT2D eigenvalue weighted by Gasteiger charge is -2.18. The summed E-state index contributed by atoms with van der Waals surface area (Å²) < 4.78 is 11.0. The third kappa shape index (κ3) is 2.27. The fourth-order valence-corrected chi connectivity index (χ4v) is 2.72. The number of furan rings is 1. The summed E-state index contributed by atoms with van der Waals surface area (Å²) >= 11 is 0. The van der Waals surface area contributed by atoms with Crippen molar-refractivity contribution in [2.45, 2.75) is 6.61 Å². The Morgan fingerprint density at radius 1 is 0.833 bits per heavy atom. The van der Waals surface area contributed by atoms with Crippen molar-refractivity contribution in [3.63, 3.8) is 0 Å². The smallest absolute Gasteiger partial charge is 0.266 e. The minimum Gasteiger partial charge on any atom is -0.483 e. The molecule has 2 heterocycles. The summed E-state index contributed by atoms with van der Waals surface area (Å²) in [6, 6.07) is 17.3. The zero-order valence-electron chi connectivity index (χ0n) is 12.6. The Morgan fingerprint density at radius 2 is 1.50 bits per heavy atom. The van der Waals surface area contributed by atoms with Crippen LogP contribution in [-0.4, -0.2) is 11.8 Å². The van der Waals surface area contributed by atoms with Crippen LogP contribution >= 0.6 is 0 Å². The van der Waals surface area contributed by atoms with Gasteiger partial charge in [-0.3, -0.25) is 9.59 Å². The van der Waals surface area contributed by atoms with Gasteiger partial charge in [-0.2, -0.15) is 0 Å². The Balaban J connectivity index is 1.68. The third-order valence-corrected chi connectivity index (χ3v) is 3.85. The summed E-state index contributed by atoms with van der Waals surface area (Å²) in [6.45, 7) is 0.215. The molecule has 1 aliphatic heterocycles. The van der Waals surface area contributed by atoms with Crippen molar-refractivity contribution < 1.29 is 18.7 Å². The van der Waals surface area contributed by atoms with E-state index in [2.05, 4.69) is 0 Å². The van der Waals surface area contributed by atoms with Crippen LogP contribution in [0.3, 0.4) is 0 Å². The van der Waals surface area contributed by atoms with Gasteiger partial charge in [0.1, 0.15) is 18.1 Å². The number of hydrogen-bond acceptors (Lipinski definition) is 4. The average Bonchev–Trinajstić information content (AvgIpc) is 3.22. The SMILES string of the molecule is O=C1c2ccccc2C(=O)N1c1ccccc1OCc1ccco1. The average molecular weight is 319 g/mol. The van der Waals surface area contributed by atoms with E-state index in [0.717, 1.165) is 4.90 Å². The van der Waals surface area contributed by atoms with Crippen LogP contribution in [0.1, 0.15) is 26.5 Å². The van der Waals surface area contributed by atoms with Crippen LogP contribution < -0.4 is 9.64 Å². The number of fused-ring (bicyclic) bond motifs is 1. The molecule has 0 aliphatic carbocycles. The van der Waals surface area contributed by atoms with Gasteiger partial charge < -0.3 is 9.15 Å². The minimum absolute atomic E-state index is 0.215. The zero-order chi connectivity index (χ0) is 16.5. The maximum atomic E-state index is 12.6. The number of ether oxygens (including phenoxy) is 1. The molecule has 2 amide bonds. The number of hydrogen-bond donors (Lipinski definition) is 0. The highest BCUT2D eigenvalue weighted by Crippen LogP contribution is 2.35. The zero-order valence-corrected chi connectivity index (χ0v) is 12.6. The standard InChI is InChI=1S/C19H13NO4/c21-18-14-7-1-2-8-15(14)19(22)20(18)16-9-3-4-10-17(16)24-12-13-6-5-11-23-13/h1-11H,12H2. The third-order valence-electron chi connectivity index (χ3n) is 3.85. The van der Waals surface area contributed by atoms with Gasteiger partial charge in [-0.1, -0.05) is 24.3 Å². The van der Waals surface area contributed by atoms with Crippen LogP contribution in [0.25, 0.3) is 0 Å². The molecule has 0 spiro atoms. The fraction of sp³-hybridized carbons (Fsp3) is 0.0526. The molecule has 0 radical (unpaired) electrons. The summed E-state index contributed by atoms with van der Waals surface area (Å²) in [7, 11) is 0. The molecule has 0 saturated carbocycles. The van der Waals surface area contributed by atoms with E-state index in [0.29, 0.717) is 28.3 Å². The summed E-state index contributed by atoms with van der Waals surface area (Å²) in [5.74, 6) is 0.421. The molecule has 0 bridgehead atoms. The maximum Gasteiger partial charge on any atom is 0.266 e. The summed E-state index contributed by atoms with van der Waals surface area (Å²) in [5.41, 5.74) is 1.24. The Kier molecular flexibility index (Phi) is 3.39. The van der Waals surface area contributed by atoms with Gasteiger partial charge in [0, 0.05) is 0 Å². The molecule has 5 nitrogen and oxygen atoms in total. The van der Waals surface area contributed by atoms with Gasteiger partial charge in [-0.15, -0.1) is 0 Å². The molecule has 0 saturated heterocycles. The number of nitrogens with zero attached hydrogens (tertiary/aromatic N) is 1. The van der Waals surface area contributed by atoms with Crippen molar-refractivity contribution >= 4 is 17.5 Å². The van der Waals surface area contributed by atoms with E-state index in [1.165, 1.54) is 0 Å². The van der Waals surface area contributed by atoms with Crippen LogP contribution in [0.4, 0.5) is 5.69 Å². The molecule has 118 valence electrons. The first-order valence-electron chi connectivity index (χ1n) is 7.48. The van der Waals surface area contributed by atoms with E-state index in [9.17, 15) is 9.59 Å². The fourth-order valence-electron chi connectivity index (χ4n) is 2.72. The molecule has 4 rings (SSSR count). The highest BCUT2D eigenvalue weighted by atomic mass is 16.5. The van der Waals surface area contributed by atoms with E-state index in [1.807, 2.05) is 0 Å². The van der Waals surface area contributed by atoms with Crippen LogP contribution in [0.2, 0.25) is 0 Å². The van der Waals surface area contributed by atoms with E-state index in [4.69, 9.17) is 9.15 Å². The molecule has 24 heavy (non-hydrogen) atoms. The number of rotatable bonds is 4. The second-order valence-electron chi connectivity index (χ2n) is 5.33. The van der Waals surface area contributed by atoms with Crippen molar-refractivity contribution in [2.24, 2.45) is 0 Å². The predicted molar refractivity (Wildman–Crippen MR) is 87.1 cm³/mol. The lowest BCUT2D eigenvalue weighted by atomic mass is 10.1. The van der Waals surface area contributed by atoms with Gasteiger partial charge in [-0.25, -0.2) is 4.90 Å². The van der Waals surface area contributed by atoms with Crippen molar-refractivity contribution in [3.05, 3.63) is 83.8 Å². The number of amides is 2. The van der Waals surface area contributed by atoms with Crippen LogP contribution in [-0.2, 0) is 6.61 Å². The maximum absolute atomic E-state index is 12.6. The summed E-state index contributed by atoms with van der Waals surface area (Å²) in [5, 5.41) is 0. The van der Waals surface area contributed by atoms with Gasteiger partial charge in [0.25, 0.3) is 11.8 Å². The molecule has 1 aromatic heterocycles. The number of anilines is 1. The van der Waals surface area contributed by atoms with Crippen molar-refractivity contribution in [1.29, 1.82) is 0 Å². The highest BCUT2D eigenvalue weighted by molar-refractivity contribution is 6.34. The molecule has 5 heteroatoms. The van der Waals surface area contributed by atoms with Crippen molar-refractivity contribution in [1.82, 2.24) is 0 Å². The molecule has 1 aliphatic rings. The molecule has 0 atom stereocenters. The molecule has 0 unspecified atom stereocenters. The molecular weight excluding hydrogens is 306 g/mol. The minimum atomic E-state index is -0.343. The lowest BCUT2D eigenvalue weighted by molar-refractivity contribution is 0.0924. The van der Waals surface area contributed by atoms with Crippen molar-refractivity contribution in [3.8, 4) is 5.75 Å². The predicted octanol–water partition coefficient (Wildman–Crippen LogP) is 3.66. The number of imide groups is 1. The van der Waals surface area contributed by atoms with Crippen molar-refractivity contribution in [2.75, 3.05) is 4.90 Å². The Labute approximate surface area is 138 Å². The van der Waals surface area contributed by atoms with E-state index in [1.54, 1.807) is 66.9 Å². The van der Waals surface area contributed by atoms with Crippen LogP contribution in [0.5, 0.6) is 5.75 Å². The summed E-state index contributed by atoms with van der Waals surface area (Å²) in [6.07, 6.45) is 1.56. The van der Waals surface area contributed by atoms with E-state index < -0.39 is 0 Å². The molecule has 0 N–H and O–H groups in total. The second kappa shape index (κ2) is 5.70. The quantitative estimate of drug-likeness (QED) is 0.689. The monoisotopic (exact) mass is 319 g/mol. The first-order chi connectivity index (χ1) is 11.8. The first-order valence-corrected chi connectivity index (χ1v) is 7.48. The number of carbonyl (C=O) groups is 2. The largest absolute Gasteiger partial charge is 0.483 e. The number of carbonyl (C=O) groups excluding carboxylic acids is 2. The molecule has 2 aromatic carbocycles. The number of benzene rings is 2. The Hall–Kier alpha value is -3.34. The highest BCUT2D eigenvalue weighted by Gasteiger charge is 2.37. The van der Waals surface area contributed by atoms with Gasteiger partial charge in [-0.05, 0) is 36.4 Å². The normalized spacial score (nSPS) is 13.2. The first kappa shape index (κ1) is 14.3. The molecular formula is C19H13NO4. The Bertz CT molecular complexity index is 880. The molecule has 0 fully saturated rings. The van der Waals surface area contributed by atoms with E-state index in [-0.39, 0.29) is 18.4 Å². The Morgan fingerprint density at radius 3 is 2.17 bits per heavy atom.